The SMILES string of the molecule is NC1CCN(C2CS(=O)(=O)C2)C1. The predicted molar refractivity (Wildman–Crippen MR) is 46.6 cm³/mol. The van der Waals surface area contributed by atoms with Gasteiger partial charge in [0.25, 0.3) is 0 Å². The summed E-state index contributed by atoms with van der Waals surface area (Å²) in [6.45, 7) is 1.85. The highest BCUT2D eigenvalue weighted by atomic mass is 32.2. The average Bonchev–Trinajstić information content (AvgIpc) is 2.30. The first kappa shape index (κ1) is 8.47. The van der Waals surface area contributed by atoms with Crippen LogP contribution in [0.3, 0.4) is 0 Å². The maximum atomic E-state index is 10.9. The summed E-state index contributed by atoms with van der Waals surface area (Å²) < 4.78 is 21.8. The van der Waals surface area contributed by atoms with Crippen molar-refractivity contribution in [3.63, 3.8) is 0 Å². The molecule has 0 aromatic carbocycles. The van der Waals surface area contributed by atoms with Crippen molar-refractivity contribution in [1.29, 1.82) is 0 Å². The van der Waals surface area contributed by atoms with Crippen molar-refractivity contribution < 1.29 is 8.42 Å². The Labute approximate surface area is 72.6 Å². The van der Waals surface area contributed by atoms with Gasteiger partial charge in [-0.15, -0.1) is 0 Å². The summed E-state index contributed by atoms with van der Waals surface area (Å²) in [6.07, 6.45) is 1.01. The van der Waals surface area contributed by atoms with E-state index in [1.54, 1.807) is 0 Å². The van der Waals surface area contributed by atoms with Crippen LogP contribution in [0.4, 0.5) is 0 Å². The standard InChI is InChI=1S/C7H14N2O2S/c8-6-1-2-9(3-6)7-4-12(10,11)5-7/h6-7H,1-5,8H2. The summed E-state index contributed by atoms with van der Waals surface area (Å²) in [7, 11) is -2.67. The second kappa shape index (κ2) is 2.68. The van der Waals surface area contributed by atoms with Gasteiger partial charge in [-0.05, 0) is 6.42 Å². The number of nitrogens with two attached hydrogens (primary N) is 1. The fourth-order valence-corrected chi connectivity index (χ4v) is 3.39. The molecule has 2 N–H and O–H groups in total. The Kier molecular flexibility index (Phi) is 1.89. The third-order valence-corrected chi connectivity index (χ3v) is 4.45. The Balaban J connectivity index is 1.89. The molecule has 0 amide bonds. The van der Waals surface area contributed by atoms with E-state index in [-0.39, 0.29) is 12.1 Å². The maximum absolute atomic E-state index is 10.9. The predicted octanol–water partition coefficient (Wildman–Crippen LogP) is -1.18. The largest absolute Gasteiger partial charge is 0.326 e. The van der Waals surface area contributed by atoms with Gasteiger partial charge in [-0.1, -0.05) is 0 Å². The van der Waals surface area contributed by atoms with E-state index in [2.05, 4.69) is 4.90 Å². The van der Waals surface area contributed by atoms with E-state index >= 15 is 0 Å². The number of hydrogen-bond donors (Lipinski definition) is 1. The van der Waals surface area contributed by atoms with Gasteiger partial charge >= 0.3 is 0 Å². The number of nitrogens with zero attached hydrogens (tertiary/aromatic N) is 1. The van der Waals surface area contributed by atoms with Gasteiger partial charge in [0.15, 0.2) is 9.84 Å². The van der Waals surface area contributed by atoms with E-state index in [9.17, 15) is 8.42 Å². The average molecular weight is 190 g/mol. The number of likely N-dealkylation sites (tertiary alicyclic amines) is 1. The van der Waals surface area contributed by atoms with Gasteiger partial charge in [-0.3, -0.25) is 4.90 Å². The zero-order valence-corrected chi connectivity index (χ0v) is 7.76. The highest BCUT2D eigenvalue weighted by molar-refractivity contribution is 7.92. The fraction of sp³-hybridized carbons (Fsp3) is 1.00. The van der Waals surface area contributed by atoms with E-state index in [1.165, 1.54) is 0 Å². The summed E-state index contributed by atoms with van der Waals surface area (Å²) in [5.74, 6) is 0.694. The molecule has 0 aromatic rings. The second-order valence-electron chi connectivity index (χ2n) is 3.77. The minimum Gasteiger partial charge on any atom is -0.326 e. The van der Waals surface area contributed by atoms with Gasteiger partial charge in [0.1, 0.15) is 0 Å². The Hall–Kier alpha value is -0.130. The van der Waals surface area contributed by atoms with Gasteiger partial charge < -0.3 is 5.73 Å². The second-order valence-corrected chi connectivity index (χ2v) is 5.93. The number of hydrogen-bond acceptors (Lipinski definition) is 4. The molecule has 1 atom stereocenters. The first-order valence-corrected chi connectivity index (χ1v) is 6.09. The number of rotatable bonds is 1. The molecule has 2 rings (SSSR count). The summed E-state index contributed by atoms with van der Waals surface area (Å²) in [5, 5.41) is 0. The lowest BCUT2D eigenvalue weighted by molar-refractivity contribution is 0.261. The maximum Gasteiger partial charge on any atom is 0.153 e. The van der Waals surface area contributed by atoms with E-state index in [1.807, 2.05) is 0 Å². The summed E-state index contributed by atoms with van der Waals surface area (Å²) in [5.41, 5.74) is 5.72. The van der Waals surface area contributed by atoms with Crippen molar-refractivity contribution in [3.8, 4) is 0 Å². The van der Waals surface area contributed by atoms with Gasteiger partial charge in [0.05, 0.1) is 11.5 Å². The lowest BCUT2D eigenvalue weighted by Gasteiger charge is -2.34. The van der Waals surface area contributed by atoms with Crippen LogP contribution in [0.1, 0.15) is 6.42 Å². The molecule has 0 saturated carbocycles. The molecule has 0 aromatic heterocycles. The molecule has 0 spiro atoms. The Bertz CT molecular complexity index is 263. The van der Waals surface area contributed by atoms with Gasteiger partial charge in [0.2, 0.25) is 0 Å². The van der Waals surface area contributed by atoms with Crippen LogP contribution in [-0.2, 0) is 9.84 Å². The first-order valence-electron chi connectivity index (χ1n) is 4.27. The Morgan fingerprint density at radius 2 is 2.00 bits per heavy atom. The smallest absolute Gasteiger partial charge is 0.153 e. The molecule has 0 aliphatic carbocycles. The lowest BCUT2D eigenvalue weighted by Crippen LogP contribution is -2.52. The molecule has 0 radical (unpaired) electrons. The minimum absolute atomic E-state index is 0.258. The molecule has 5 heteroatoms. The van der Waals surface area contributed by atoms with Crippen LogP contribution in [0.15, 0.2) is 0 Å². The number of sulfone groups is 1. The fourth-order valence-electron chi connectivity index (χ4n) is 1.90. The molecule has 2 heterocycles. The molecule has 2 saturated heterocycles. The highest BCUT2D eigenvalue weighted by Crippen LogP contribution is 2.21. The van der Waals surface area contributed by atoms with E-state index in [4.69, 9.17) is 5.73 Å². The summed E-state index contributed by atoms with van der Waals surface area (Å²) in [6, 6.07) is 0.525. The molecule has 2 aliphatic heterocycles. The van der Waals surface area contributed by atoms with Gasteiger partial charge in [-0.2, -0.15) is 0 Å². The molecule has 2 fully saturated rings. The van der Waals surface area contributed by atoms with E-state index in [0.29, 0.717) is 11.5 Å². The van der Waals surface area contributed by atoms with Crippen molar-refractivity contribution in [2.45, 2.75) is 18.5 Å². The topological polar surface area (TPSA) is 63.4 Å². The van der Waals surface area contributed by atoms with Crippen LogP contribution < -0.4 is 5.73 Å². The summed E-state index contributed by atoms with van der Waals surface area (Å²) >= 11 is 0. The zero-order chi connectivity index (χ0) is 8.77. The molecular formula is C7H14N2O2S. The first-order chi connectivity index (χ1) is 5.57. The van der Waals surface area contributed by atoms with Crippen molar-refractivity contribution in [2.75, 3.05) is 24.6 Å². The third-order valence-electron chi connectivity index (χ3n) is 2.67. The minimum atomic E-state index is -2.67. The van der Waals surface area contributed by atoms with Crippen molar-refractivity contribution in [1.82, 2.24) is 4.90 Å². The van der Waals surface area contributed by atoms with E-state index in [0.717, 1.165) is 19.5 Å². The van der Waals surface area contributed by atoms with Crippen LogP contribution in [0.2, 0.25) is 0 Å². The van der Waals surface area contributed by atoms with Gasteiger partial charge in [-0.25, -0.2) is 8.42 Å². The van der Waals surface area contributed by atoms with Crippen LogP contribution in [-0.4, -0.2) is 50.0 Å². The van der Waals surface area contributed by atoms with Crippen LogP contribution >= 0.6 is 0 Å². The Morgan fingerprint density at radius 3 is 2.42 bits per heavy atom. The van der Waals surface area contributed by atoms with Crippen LogP contribution in [0.5, 0.6) is 0 Å². The molecule has 4 nitrogen and oxygen atoms in total. The van der Waals surface area contributed by atoms with Crippen molar-refractivity contribution >= 4 is 9.84 Å². The van der Waals surface area contributed by atoms with Gasteiger partial charge in [0, 0.05) is 25.2 Å². The van der Waals surface area contributed by atoms with E-state index < -0.39 is 9.84 Å². The van der Waals surface area contributed by atoms with Crippen molar-refractivity contribution in [2.24, 2.45) is 5.73 Å². The highest BCUT2D eigenvalue weighted by Gasteiger charge is 2.39. The molecule has 12 heavy (non-hydrogen) atoms. The quantitative estimate of drug-likeness (QED) is 0.565. The molecule has 0 bridgehead atoms. The van der Waals surface area contributed by atoms with Crippen LogP contribution in [0, 0.1) is 0 Å². The molecular weight excluding hydrogens is 176 g/mol. The normalized spacial score (nSPS) is 36.6. The molecule has 2 aliphatic rings. The summed E-state index contributed by atoms with van der Waals surface area (Å²) in [4.78, 5) is 2.20. The van der Waals surface area contributed by atoms with Crippen molar-refractivity contribution in [3.05, 3.63) is 0 Å². The molecule has 1 unspecified atom stereocenters. The van der Waals surface area contributed by atoms with Crippen LogP contribution in [0.25, 0.3) is 0 Å². The molecule has 70 valence electrons. The zero-order valence-electron chi connectivity index (χ0n) is 6.94. The monoisotopic (exact) mass is 190 g/mol. The third kappa shape index (κ3) is 1.48. The Morgan fingerprint density at radius 1 is 1.33 bits per heavy atom. The lowest BCUT2D eigenvalue weighted by atomic mass is 10.3.